The van der Waals surface area contributed by atoms with E-state index in [0.717, 1.165) is 12.5 Å². The molecule has 3 heteroatoms. The normalized spacial score (nSPS) is 10.6. The van der Waals surface area contributed by atoms with Crippen LogP contribution >= 0.6 is 11.6 Å². The molecule has 0 atom stereocenters. The van der Waals surface area contributed by atoms with Crippen molar-refractivity contribution in [3.63, 3.8) is 0 Å². The van der Waals surface area contributed by atoms with Gasteiger partial charge in [-0.15, -0.1) is 11.6 Å². The van der Waals surface area contributed by atoms with E-state index in [1.54, 1.807) is 0 Å². The fraction of sp³-hybridized carbons (Fsp3) is 0.714. The minimum Gasteiger partial charge on any atom is -0.501 e. The van der Waals surface area contributed by atoms with E-state index < -0.39 is 8.32 Å². The van der Waals surface area contributed by atoms with Crippen molar-refractivity contribution in [2.75, 3.05) is 5.88 Å². The molecule has 0 N–H and O–H groups in total. The fourth-order valence-corrected chi connectivity index (χ4v) is 2.51. The van der Waals surface area contributed by atoms with Crippen LogP contribution in [0.2, 0.25) is 19.1 Å². The van der Waals surface area contributed by atoms with Crippen LogP contribution in [-0.2, 0) is 4.43 Å². The quantitative estimate of drug-likeness (QED) is 0.363. The van der Waals surface area contributed by atoms with Crippen molar-refractivity contribution < 1.29 is 4.43 Å². The van der Waals surface area contributed by atoms with Crippen LogP contribution in [0.15, 0.2) is 0 Å². The van der Waals surface area contributed by atoms with Crippen molar-refractivity contribution in [3.8, 4) is 12.5 Å². The summed E-state index contributed by atoms with van der Waals surface area (Å²) in [6.07, 6.45) is 8.25. The minimum absolute atomic E-state index is 0.699. The predicted molar refractivity (Wildman–Crippen MR) is 47.5 cm³/mol. The topological polar surface area (TPSA) is 9.23 Å². The van der Waals surface area contributed by atoms with E-state index in [2.05, 4.69) is 19.2 Å². The Labute approximate surface area is 68.8 Å². The van der Waals surface area contributed by atoms with Gasteiger partial charge in [0.25, 0.3) is 8.32 Å². The maximum atomic E-state index is 5.52. The van der Waals surface area contributed by atoms with Gasteiger partial charge in [0.05, 0.1) is 6.11 Å². The number of rotatable bonds is 4. The predicted octanol–water partition coefficient (Wildman–Crippen LogP) is 2.43. The molecule has 0 aromatic carbocycles. The fourth-order valence-electron chi connectivity index (χ4n) is 0.703. The summed E-state index contributed by atoms with van der Waals surface area (Å²) in [6.45, 7) is 4.19. The molecule has 0 aliphatic rings. The summed E-state index contributed by atoms with van der Waals surface area (Å²) in [5, 5.41) is 0. The summed E-state index contributed by atoms with van der Waals surface area (Å²) in [5.41, 5.74) is 0. The number of hydrogen-bond acceptors (Lipinski definition) is 1. The Kier molecular flexibility index (Phi) is 4.59. The average Bonchev–Trinajstić information content (AvgIpc) is 1.84. The third-order valence-corrected chi connectivity index (χ3v) is 3.74. The first-order valence-corrected chi connectivity index (χ1v) is 6.97. The van der Waals surface area contributed by atoms with Crippen LogP contribution < -0.4 is 0 Å². The first-order valence-electron chi connectivity index (χ1n) is 3.32. The third kappa shape index (κ3) is 4.72. The summed E-state index contributed by atoms with van der Waals surface area (Å²) < 4.78 is 5.14. The zero-order valence-corrected chi connectivity index (χ0v) is 8.24. The second-order valence-corrected chi connectivity index (χ2v) is 7.37. The summed E-state index contributed by atoms with van der Waals surface area (Å²) in [6, 6.07) is 1.04. The molecule has 0 fully saturated rings. The molecule has 0 rings (SSSR count). The smallest absolute Gasteiger partial charge is 0.259 e. The molecule has 10 heavy (non-hydrogen) atoms. The lowest BCUT2D eigenvalue weighted by atomic mass is 10.6. The highest BCUT2D eigenvalue weighted by atomic mass is 35.5. The van der Waals surface area contributed by atoms with E-state index in [9.17, 15) is 0 Å². The van der Waals surface area contributed by atoms with E-state index in [1.165, 1.54) is 0 Å². The van der Waals surface area contributed by atoms with Crippen LogP contribution in [0.3, 0.4) is 0 Å². The molecule has 0 heterocycles. The Morgan fingerprint density at radius 2 is 2.20 bits per heavy atom. The lowest BCUT2D eigenvalue weighted by molar-refractivity contribution is 0.509. The van der Waals surface area contributed by atoms with Crippen LogP contribution in [0.1, 0.15) is 6.42 Å². The van der Waals surface area contributed by atoms with Gasteiger partial charge in [-0.25, -0.2) is 0 Å². The second kappa shape index (κ2) is 4.65. The standard InChI is InChI=1S/C7H13ClOSi/c1-4-9-10(2,3)7-5-6-8/h1H,5-7H2,2-3H3. The largest absolute Gasteiger partial charge is 0.501 e. The SMILES string of the molecule is C#CO[Si](C)(C)CCCCl. The Balaban J connectivity index is 3.55. The Hall–Kier alpha value is -0.133. The summed E-state index contributed by atoms with van der Waals surface area (Å²) in [7, 11) is -1.54. The van der Waals surface area contributed by atoms with E-state index in [4.69, 9.17) is 22.5 Å². The minimum atomic E-state index is -1.54. The molecular formula is C7H13ClOSi. The monoisotopic (exact) mass is 176 g/mol. The van der Waals surface area contributed by atoms with E-state index in [-0.39, 0.29) is 0 Å². The Morgan fingerprint density at radius 1 is 1.60 bits per heavy atom. The summed E-state index contributed by atoms with van der Waals surface area (Å²) in [5.74, 6) is 0.699. The zero-order chi connectivity index (χ0) is 8.04. The first-order chi connectivity index (χ1) is 4.62. The van der Waals surface area contributed by atoms with Crippen LogP contribution in [-0.4, -0.2) is 14.2 Å². The van der Waals surface area contributed by atoms with Crippen molar-refractivity contribution >= 4 is 19.9 Å². The molecule has 0 unspecified atom stereocenters. The third-order valence-electron chi connectivity index (χ3n) is 1.25. The highest BCUT2D eigenvalue weighted by Crippen LogP contribution is 2.12. The van der Waals surface area contributed by atoms with Crippen molar-refractivity contribution in [2.45, 2.75) is 25.6 Å². The van der Waals surface area contributed by atoms with Crippen molar-refractivity contribution in [1.82, 2.24) is 0 Å². The van der Waals surface area contributed by atoms with E-state index in [1.807, 2.05) is 0 Å². The second-order valence-electron chi connectivity index (χ2n) is 2.77. The van der Waals surface area contributed by atoms with Gasteiger partial charge in [-0.05, 0) is 25.6 Å². The van der Waals surface area contributed by atoms with Gasteiger partial charge in [0.15, 0.2) is 0 Å². The van der Waals surface area contributed by atoms with Gasteiger partial charge in [0.2, 0.25) is 0 Å². The van der Waals surface area contributed by atoms with Gasteiger partial charge >= 0.3 is 0 Å². The zero-order valence-electron chi connectivity index (χ0n) is 6.48. The number of halogens is 1. The van der Waals surface area contributed by atoms with Gasteiger partial charge in [-0.1, -0.05) is 6.42 Å². The molecule has 0 aliphatic heterocycles. The van der Waals surface area contributed by atoms with Crippen LogP contribution in [0.4, 0.5) is 0 Å². The van der Waals surface area contributed by atoms with Crippen LogP contribution in [0.25, 0.3) is 0 Å². The highest BCUT2D eigenvalue weighted by molar-refractivity contribution is 6.71. The van der Waals surface area contributed by atoms with Gasteiger partial charge in [-0.2, -0.15) is 0 Å². The maximum absolute atomic E-state index is 5.52. The van der Waals surface area contributed by atoms with E-state index >= 15 is 0 Å². The molecule has 0 saturated carbocycles. The molecule has 0 bridgehead atoms. The average molecular weight is 177 g/mol. The Morgan fingerprint density at radius 3 is 2.60 bits per heavy atom. The summed E-state index contributed by atoms with van der Waals surface area (Å²) in [4.78, 5) is 0. The number of terminal acetylenes is 1. The first kappa shape index (κ1) is 9.87. The number of hydrogen-bond donors (Lipinski definition) is 0. The van der Waals surface area contributed by atoms with Gasteiger partial charge < -0.3 is 4.43 Å². The van der Waals surface area contributed by atoms with Gasteiger partial charge in [0, 0.05) is 5.88 Å². The van der Waals surface area contributed by atoms with Crippen molar-refractivity contribution in [2.24, 2.45) is 0 Å². The lowest BCUT2D eigenvalue weighted by Crippen LogP contribution is -2.27. The van der Waals surface area contributed by atoms with Gasteiger partial charge in [-0.3, -0.25) is 0 Å². The lowest BCUT2D eigenvalue weighted by Gasteiger charge is -2.17. The number of alkyl halides is 1. The van der Waals surface area contributed by atoms with Gasteiger partial charge in [0.1, 0.15) is 0 Å². The molecule has 0 aromatic heterocycles. The molecule has 0 saturated heterocycles. The van der Waals surface area contributed by atoms with Crippen LogP contribution in [0, 0.1) is 12.5 Å². The summed E-state index contributed by atoms with van der Waals surface area (Å²) >= 11 is 5.52. The molecule has 1 nitrogen and oxygen atoms in total. The molecule has 58 valence electrons. The van der Waals surface area contributed by atoms with Crippen molar-refractivity contribution in [1.29, 1.82) is 0 Å². The Bertz CT molecular complexity index is 128. The van der Waals surface area contributed by atoms with Crippen LogP contribution in [0.5, 0.6) is 0 Å². The molecule has 0 aliphatic carbocycles. The highest BCUT2D eigenvalue weighted by Gasteiger charge is 2.22. The van der Waals surface area contributed by atoms with Crippen molar-refractivity contribution in [3.05, 3.63) is 0 Å². The molecular weight excluding hydrogens is 164 g/mol. The molecule has 0 spiro atoms. The molecule has 0 amide bonds. The maximum Gasteiger partial charge on any atom is 0.259 e. The molecule has 0 radical (unpaired) electrons. The molecule has 0 aromatic rings. The van der Waals surface area contributed by atoms with E-state index in [0.29, 0.717) is 5.88 Å².